The van der Waals surface area contributed by atoms with Gasteiger partial charge in [0, 0.05) is 61.2 Å². The average Bonchev–Trinajstić information content (AvgIpc) is 3.83. The Bertz CT molecular complexity index is 1700. The summed E-state index contributed by atoms with van der Waals surface area (Å²) in [6, 6.07) is 36.8. The highest BCUT2D eigenvalue weighted by atomic mass is 16.5. The number of amides is 1. The summed E-state index contributed by atoms with van der Waals surface area (Å²) in [5.74, 6) is 0.505. The number of hydrogen-bond donors (Lipinski definition) is 2. The van der Waals surface area contributed by atoms with Gasteiger partial charge in [0.25, 0.3) is 0 Å². The molecule has 262 valence electrons. The summed E-state index contributed by atoms with van der Waals surface area (Å²) in [6.07, 6.45) is 2.86. The second kappa shape index (κ2) is 14.2. The Morgan fingerprint density at radius 3 is 2.02 bits per heavy atom. The number of methoxy groups -OCH3 is 2. The maximum Gasteiger partial charge on any atom is 0.222 e. The summed E-state index contributed by atoms with van der Waals surface area (Å²) in [4.78, 5) is 16.3. The first kappa shape index (κ1) is 34.3. The van der Waals surface area contributed by atoms with E-state index in [-0.39, 0.29) is 18.2 Å². The summed E-state index contributed by atoms with van der Waals surface area (Å²) in [5, 5.41) is 25.4. The van der Waals surface area contributed by atoms with Gasteiger partial charge >= 0.3 is 0 Å². The molecule has 0 radical (unpaired) electrons. The molecule has 4 aromatic carbocycles. The molecular weight excluding hydrogens is 624 g/mol. The molecule has 0 aromatic heterocycles. The summed E-state index contributed by atoms with van der Waals surface area (Å²) in [6.45, 7) is 5.11. The van der Waals surface area contributed by atoms with Crippen molar-refractivity contribution >= 4 is 5.91 Å². The quantitative estimate of drug-likeness (QED) is 0.182. The number of hydrogen-bond acceptors (Lipinski definition) is 5. The molecule has 2 N–H and O–H groups in total. The highest BCUT2D eigenvalue weighted by Crippen LogP contribution is 2.60. The van der Waals surface area contributed by atoms with Crippen LogP contribution in [0.15, 0.2) is 109 Å². The summed E-state index contributed by atoms with van der Waals surface area (Å²) < 4.78 is 12.4. The number of carbonyl (C=O) groups is 1. The molecule has 7 nitrogen and oxygen atoms in total. The van der Waals surface area contributed by atoms with Crippen molar-refractivity contribution in [3.63, 3.8) is 0 Å². The van der Waals surface area contributed by atoms with Gasteiger partial charge in [-0.25, -0.2) is 0 Å². The second-order valence-electron chi connectivity index (χ2n) is 14.8. The average molecular weight is 676 g/mol. The van der Waals surface area contributed by atoms with E-state index in [1.807, 2.05) is 41.3 Å². The lowest BCUT2D eigenvalue weighted by Crippen LogP contribution is -2.60. The topological polar surface area (TPSA) is 79.2 Å². The van der Waals surface area contributed by atoms with E-state index in [9.17, 15) is 15.0 Å². The number of ether oxygens (including phenoxy) is 2. The number of aliphatic hydroxyl groups excluding tert-OH is 1. The van der Waals surface area contributed by atoms with Crippen LogP contribution in [-0.4, -0.2) is 78.6 Å². The second-order valence-corrected chi connectivity index (χ2v) is 14.8. The van der Waals surface area contributed by atoms with Crippen molar-refractivity contribution < 1.29 is 29.0 Å². The summed E-state index contributed by atoms with van der Waals surface area (Å²) in [5.41, 5.74) is 1.68. The van der Waals surface area contributed by atoms with Gasteiger partial charge in [-0.3, -0.25) is 4.79 Å². The van der Waals surface area contributed by atoms with Crippen LogP contribution in [0.25, 0.3) is 0 Å². The zero-order valence-electron chi connectivity index (χ0n) is 29.4. The van der Waals surface area contributed by atoms with E-state index in [4.69, 9.17) is 9.47 Å². The number of nitrogens with zero attached hydrogens (tertiary/aromatic N) is 2. The van der Waals surface area contributed by atoms with Crippen molar-refractivity contribution in [2.24, 2.45) is 11.8 Å². The molecule has 7 heteroatoms. The third-order valence-electron chi connectivity index (χ3n) is 12.2. The van der Waals surface area contributed by atoms with Crippen LogP contribution >= 0.6 is 0 Å². The third kappa shape index (κ3) is 6.10. The fourth-order valence-electron chi connectivity index (χ4n) is 9.78. The van der Waals surface area contributed by atoms with Crippen LogP contribution in [0, 0.1) is 11.8 Å². The van der Waals surface area contributed by atoms with Gasteiger partial charge in [-0.15, -0.1) is 0 Å². The lowest BCUT2D eigenvalue weighted by molar-refractivity contribution is -0.929. The molecule has 1 amide bonds. The maximum atomic E-state index is 14.3. The molecule has 1 saturated carbocycles. The van der Waals surface area contributed by atoms with Crippen molar-refractivity contribution in [2.45, 2.75) is 55.8 Å². The highest BCUT2D eigenvalue weighted by Gasteiger charge is 2.65. The minimum Gasteiger partial charge on any atom is -0.497 e. The fraction of sp³-hybridized carbons (Fsp3) is 0.419. The fourth-order valence-corrected chi connectivity index (χ4v) is 9.78. The van der Waals surface area contributed by atoms with Crippen molar-refractivity contribution in [3.8, 4) is 11.5 Å². The number of fused-ring (bicyclic) bond motifs is 1. The summed E-state index contributed by atoms with van der Waals surface area (Å²) in [7, 11) is 3.17. The number of rotatable bonds is 11. The summed E-state index contributed by atoms with van der Waals surface area (Å²) >= 11 is 0. The van der Waals surface area contributed by atoms with E-state index in [2.05, 4.69) is 54.6 Å². The molecule has 0 unspecified atom stereocenters. The molecule has 0 spiro atoms. The molecule has 1 aliphatic carbocycles. The normalized spacial score (nSPS) is 25.2. The number of aliphatic hydroxyl groups is 2. The van der Waals surface area contributed by atoms with Crippen LogP contribution in [0.3, 0.4) is 0 Å². The van der Waals surface area contributed by atoms with E-state index in [1.165, 1.54) is 18.4 Å². The van der Waals surface area contributed by atoms with Crippen LogP contribution in [0.5, 0.6) is 11.5 Å². The zero-order valence-corrected chi connectivity index (χ0v) is 29.4. The molecule has 2 aliphatic heterocycles. The maximum absolute atomic E-state index is 14.3. The molecule has 3 aliphatic rings. The van der Waals surface area contributed by atoms with Gasteiger partial charge in [0.05, 0.1) is 40.0 Å². The third-order valence-corrected chi connectivity index (χ3v) is 12.2. The highest BCUT2D eigenvalue weighted by molar-refractivity contribution is 5.76. The van der Waals surface area contributed by atoms with E-state index >= 15 is 0 Å². The van der Waals surface area contributed by atoms with Crippen molar-refractivity contribution in [3.05, 3.63) is 131 Å². The Balaban J connectivity index is 1.23. The Morgan fingerprint density at radius 2 is 1.42 bits per heavy atom. The Labute approximate surface area is 296 Å². The number of quaternary nitrogens is 1. The molecule has 2 heterocycles. The van der Waals surface area contributed by atoms with Gasteiger partial charge in [0.2, 0.25) is 5.91 Å². The first-order valence-corrected chi connectivity index (χ1v) is 18.2. The molecule has 3 fully saturated rings. The SMILES string of the molecule is COc1ccc(OC)c([C@@]2(O)[C@H](O)CC(c3ccccc3)(c3ccccc3)[C@@H]3CN(C(=O)CCC[N+]4(Cc5ccccc5)CCCC4)C[C@@H]32)c1. The van der Waals surface area contributed by atoms with Crippen LogP contribution in [0.4, 0.5) is 0 Å². The van der Waals surface area contributed by atoms with E-state index in [0.29, 0.717) is 36.6 Å². The molecule has 0 bridgehead atoms. The van der Waals surface area contributed by atoms with Crippen LogP contribution in [-0.2, 0) is 22.4 Å². The van der Waals surface area contributed by atoms with Gasteiger partial charge < -0.3 is 29.1 Å². The lowest BCUT2D eigenvalue weighted by Gasteiger charge is -2.55. The Morgan fingerprint density at radius 1 is 0.820 bits per heavy atom. The van der Waals surface area contributed by atoms with Gasteiger partial charge in [-0.2, -0.15) is 0 Å². The first-order chi connectivity index (χ1) is 24.3. The van der Waals surface area contributed by atoms with Crippen LogP contribution < -0.4 is 9.47 Å². The Hall–Kier alpha value is -4.17. The minimum absolute atomic E-state index is 0.112. The number of benzene rings is 4. The molecule has 2 saturated heterocycles. The molecule has 50 heavy (non-hydrogen) atoms. The van der Waals surface area contributed by atoms with Crippen LogP contribution in [0.2, 0.25) is 0 Å². The van der Waals surface area contributed by atoms with Gasteiger partial charge in [-0.05, 0) is 41.7 Å². The Kier molecular flexibility index (Phi) is 9.75. The smallest absolute Gasteiger partial charge is 0.222 e. The first-order valence-electron chi connectivity index (χ1n) is 18.2. The van der Waals surface area contributed by atoms with Crippen molar-refractivity contribution in [1.82, 2.24) is 4.90 Å². The zero-order chi connectivity index (χ0) is 34.8. The standard InChI is InChI=1S/C43H51N2O5/c1-49-35-22-23-39(50-2)36(27-35)43(48)38-30-44(41(47)21-14-26-45(24-12-13-25-45)31-32-15-6-3-7-16-32)29-37(38)42(28-40(43)46,33-17-8-4-9-18-33)34-19-10-5-11-20-34/h3-11,15-20,22-23,27,37-38,40,46,48H,12-14,21,24-26,28-31H2,1-2H3/q+1/t37-,38+,40-,43+/m1/s1. The van der Waals surface area contributed by atoms with Gasteiger partial charge in [0.1, 0.15) is 23.6 Å². The number of carbonyl (C=O) groups excluding carboxylic acids is 1. The van der Waals surface area contributed by atoms with Gasteiger partial charge in [-0.1, -0.05) is 91.0 Å². The monoisotopic (exact) mass is 675 g/mol. The molecular formula is C43H51N2O5+. The van der Waals surface area contributed by atoms with E-state index in [0.717, 1.165) is 48.2 Å². The molecule has 7 rings (SSSR count). The molecule has 4 aromatic rings. The minimum atomic E-state index is -1.69. The number of likely N-dealkylation sites (tertiary alicyclic amines) is 2. The van der Waals surface area contributed by atoms with E-state index < -0.39 is 23.0 Å². The van der Waals surface area contributed by atoms with Crippen molar-refractivity contribution in [1.29, 1.82) is 0 Å². The van der Waals surface area contributed by atoms with Gasteiger partial charge in [0.15, 0.2) is 0 Å². The van der Waals surface area contributed by atoms with Crippen LogP contribution in [0.1, 0.15) is 54.4 Å². The molecule has 4 atom stereocenters. The predicted molar refractivity (Wildman–Crippen MR) is 195 cm³/mol. The lowest BCUT2D eigenvalue weighted by atomic mass is 9.51. The van der Waals surface area contributed by atoms with Crippen molar-refractivity contribution in [2.75, 3.05) is 46.9 Å². The largest absolute Gasteiger partial charge is 0.497 e. The predicted octanol–water partition coefficient (Wildman–Crippen LogP) is 6.31. The van der Waals surface area contributed by atoms with E-state index in [1.54, 1.807) is 32.4 Å².